The van der Waals surface area contributed by atoms with Crippen molar-refractivity contribution in [2.75, 3.05) is 18.4 Å². The SMILES string of the molecule is CCNc1cc2c(nn1)CCN(C(=O)[C@H]1C[C@H]1c1cccnc1)C2. The van der Waals surface area contributed by atoms with Crippen molar-refractivity contribution in [2.45, 2.75) is 32.2 Å². The molecule has 3 heterocycles. The molecular formula is C18H21N5O. The van der Waals surface area contributed by atoms with Crippen LogP contribution in [-0.2, 0) is 17.8 Å². The number of amides is 1. The number of nitrogens with one attached hydrogen (secondary N) is 1. The molecule has 1 aliphatic carbocycles. The van der Waals surface area contributed by atoms with Crippen LogP contribution in [0.2, 0.25) is 0 Å². The molecule has 2 aromatic rings. The van der Waals surface area contributed by atoms with E-state index in [0.717, 1.165) is 43.0 Å². The zero-order valence-electron chi connectivity index (χ0n) is 13.8. The number of hydrogen-bond acceptors (Lipinski definition) is 5. The number of hydrogen-bond donors (Lipinski definition) is 1. The minimum atomic E-state index is 0.110. The summed E-state index contributed by atoms with van der Waals surface area (Å²) in [6.07, 6.45) is 5.37. The normalized spacial score (nSPS) is 22.0. The summed E-state index contributed by atoms with van der Waals surface area (Å²) in [5, 5.41) is 11.7. The Labute approximate surface area is 141 Å². The van der Waals surface area contributed by atoms with Gasteiger partial charge in [-0.25, -0.2) is 0 Å². The molecule has 124 valence electrons. The smallest absolute Gasteiger partial charge is 0.226 e. The highest BCUT2D eigenvalue weighted by atomic mass is 16.2. The minimum absolute atomic E-state index is 0.110. The van der Waals surface area contributed by atoms with Gasteiger partial charge in [-0.3, -0.25) is 9.78 Å². The van der Waals surface area contributed by atoms with Crippen LogP contribution in [0, 0.1) is 5.92 Å². The van der Waals surface area contributed by atoms with Gasteiger partial charge in [0.15, 0.2) is 0 Å². The number of carbonyl (C=O) groups is 1. The first-order valence-electron chi connectivity index (χ1n) is 8.54. The standard InChI is InChI=1S/C18H21N5O/c1-2-20-17-8-13-11-23(7-5-16(13)21-22-17)18(24)15-9-14(15)12-4-3-6-19-10-12/h3-4,6,8,10,14-15H,2,5,7,9,11H2,1H3,(H,20,22)/t14-,15-/m0/s1. The van der Waals surface area contributed by atoms with E-state index >= 15 is 0 Å². The van der Waals surface area contributed by atoms with E-state index in [-0.39, 0.29) is 11.8 Å². The van der Waals surface area contributed by atoms with Crippen LogP contribution in [0.3, 0.4) is 0 Å². The number of fused-ring (bicyclic) bond motifs is 1. The number of aromatic nitrogens is 3. The molecule has 0 bridgehead atoms. The lowest BCUT2D eigenvalue weighted by Crippen LogP contribution is -2.37. The van der Waals surface area contributed by atoms with E-state index in [1.165, 1.54) is 5.56 Å². The zero-order valence-corrected chi connectivity index (χ0v) is 13.8. The fourth-order valence-corrected chi connectivity index (χ4v) is 3.45. The molecule has 0 radical (unpaired) electrons. The Morgan fingerprint density at radius 3 is 3.12 bits per heavy atom. The summed E-state index contributed by atoms with van der Waals surface area (Å²) in [7, 11) is 0. The zero-order chi connectivity index (χ0) is 16.5. The van der Waals surface area contributed by atoms with E-state index < -0.39 is 0 Å². The Morgan fingerprint density at radius 1 is 1.42 bits per heavy atom. The quantitative estimate of drug-likeness (QED) is 0.932. The van der Waals surface area contributed by atoms with Crippen molar-refractivity contribution in [2.24, 2.45) is 5.92 Å². The van der Waals surface area contributed by atoms with Crippen LogP contribution in [0.1, 0.15) is 36.1 Å². The molecule has 0 aromatic carbocycles. The third kappa shape index (κ3) is 2.84. The number of pyridine rings is 1. The van der Waals surface area contributed by atoms with E-state index in [4.69, 9.17) is 0 Å². The van der Waals surface area contributed by atoms with Crippen molar-refractivity contribution in [1.82, 2.24) is 20.1 Å². The number of anilines is 1. The van der Waals surface area contributed by atoms with Gasteiger partial charge in [0, 0.05) is 44.4 Å². The molecule has 6 nitrogen and oxygen atoms in total. The molecule has 2 atom stereocenters. The summed E-state index contributed by atoms with van der Waals surface area (Å²) < 4.78 is 0. The summed E-state index contributed by atoms with van der Waals surface area (Å²) in [5.41, 5.74) is 3.30. The maximum Gasteiger partial charge on any atom is 0.226 e. The molecule has 1 N–H and O–H groups in total. The van der Waals surface area contributed by atoms with Crippen LogP contribution in [0.5, 0.6) is 0 Å². The summed E-state index contributed by atoms with van der Waals surface area (Å²) in [6.45, 7) is 4.21. The molecule has 2 aliphatic rings. The van der Waals surface area contributed by atoms with Gasteiger partial charge >= 0.3 is 0 Å². The lowest BCUT2D eigenvalue weighted by molar-refractivity contribution is -0.133. The van der Waals surface area contributed by atoms with Crippen molar-refractivity contribution in [3.05, 3.63) is 47.4 Å². The Kier molecular flexibility index (Phi) is 3.88. The van der Waals surface area contributed by atoms with E-state index in [1.54, 1.807) is 6.20 Å². The third-order valence-electron chi connectivity index (χ3n) is 4.83. The topological polar surface area (TPSA) is 71.0 Å². The fraction of sp³-hybridized carbons (Fsp3) is 0.444. The Bertz CT molecular complexity index is 748. The second kappa shape index (κ2) is 6.19. The molecule has 24 heavy (non-hydrogen) atoms. The predicted octanol–water partition coefficient (Wildman–Crippen LogP) is 1.99. The average Bonchev–Trinajstić information content (AvgIpc) is 3.42. The Balaban J connectivity index is 1.45. The van der Waals surface area contributed by atoms with Crippen molar-refractivity contribution >= 4 is 11.7 Å². The lowest BCUT2D eigenvalue weighted by Gasteiger charge is -2.28. The van der Waals surface area contributed by atoms with Crippen molar-refractivity contribution in [1.29, 1.82) is 0 Å². The minimum Gasteiger partial charge on any atom is -0.369 e. The fourth-order valence-electron chi connectivity index (χ4n) is 3.45. The maximum atomic E-state index is 12.8. The highest BCUT2D eigenvalue weighted by Crippen LogP contribution is 2.48. The lowest BCUT2D eigenvalue weighted by atomic mass is 10.1. The number of nitrogens with zero attached hydrogens (tertiary/aromatic N) is 4. The molecule has 0 unspecified atom stereocenters. The van der Waals surface area contributed by atoms with Crippen molar-refractivity contribution < 1.29 is 4.79 Å². The maximum absolute atomic E-state index is 12.8. The molecule has 1 amide bonds. The van der Waals surface area contributed by atoms with Gasteiger partial charge in [-0.2, -0.15) is 5.10 Å². The number of carbonyl (C=O) groups excluding carboxylic acids is 1. The monoisotopic (exact) mass is 323 g/mol. The van der Waals surface area contributed by atoms with Crippen LogP contribution < -0.4 is 5.32 Å². The summed E-state index contributed by atoms with van der Waals surface area (Å²) in [4.78, 5) is 19.0. The second-order valence-corrected chi connectivity index (χ2v) is 6.48. The van der Waals surface area contributed by atoms with E-state index in [9.17, 15) is 4.79 Å². The van der Waals surface area contributed by atoms with Gasteiger partial charge in [0.25, 0.3) is 0 Å². The van der Waals surface area contributed by atoms with Crippen molar-refractivity contribution in [3.63, 3.8) is 0 Å². The van der Waals surface area contributed by atoms with Gasteiger partial charge in [0.05, 0.1) is 5.69 Å². The van der Waals surface area contributed by atoms with Crippen molar-refractivity contribution in [3.8, 4) is 0 Å². The van der Waals surface area contributed by atoms with Crippen LogP contribution in [0.25, 0.3) is 0 Å². The molecule has 6 heteroatoms. The van der Waals surface area contributed by atoms with Gasteiger partial charge < -0.3 is 10.2 Å². The molecule has 4 rings (SSSR count). The van der Waals surface area contributed by atoms with Crippen LogP contribution in [-0.4, -0.2) is 39.1 Å². The predicted molar refractivity (Wildman–Crippen MR) is 90.4 cm³/mol. The van der Waals surface area contributed by atoms with E-state index in [2.05, 4.69) is 26.6 Å². The first-order valence-corrected chi connectivity index (χ1v) is 8.54. The van der Waals surface area contributed by atoms with Crippen LogP contribution in [0.4, 0.5) is 5.82 Å². The highest BCUT2D eigenvalue weighted by molar-refractivity contribution is 5.83. The van der Waals surface area contributed by atoms with Crippen LogP contribution >= 0.6 is 0 Å². The van der Waals surface area contributed by atoms with E-state index in [0.29, 0.717) is 12.5 Å². The molecule has 1 saturated carbocycles. The van der Waals surface area contributed by atoms with Gasteiger partial charge in [-0.15, -0.1) is 5.10 Å². The molecule has 0 spiro atoms. The first kappa shape index (κ1) is 15.1. The molecule has 1 aliphatic heterocycles. The molecule has 0 saturated heterocycles. The second-order valence-electron chi connectivity index (χ2n) is 6.48. The summed E-state index contributed by atoms with van der Waals surface area (Å²) in [5.74, 6) is 1.49. The van der Waals surface area contributed by atoms with Gasteiger partial charge in [-0.1, -0.05) is 6.07 Å². The van der Waals surface area contributed by atoms with Gasteiger partial charge in [0.1, 0.15) is 5.82 Å². The largest absolute Gasteiger partial charge is 0.369 e. The van der Waals surface area contributed by atoms with Gasteiger partial charge in [0.2, 0.25) is 5.91 Å². The molecular weight excluding hydrogens is 302 g/mol. The summed E-state index contributed by atoms with van der Waals surface area (Å²) >= 11 is 0. The van der Waals surface area contributed by atoms with Crippen LogP contribution in [0.15, 0.2) is 30.6 Å². The van der Waals surface area contributed by atoms with E-state index in [1.807, 2.05) is 30.2 Å². The Hall–Kier alpha value is -2.50. The Morgan fingerprint density at radius 2 is 2.33 bits per heavy atom. The van der Waals surface area contributed by atoms with Gasteiger partial charge in [-0.05, 0) is 42.5 Å². The third-order valence-corrected chi connectivity index (χ3v) is 4.83. The first-order chi connectivity index (χ1) is 11.8. The number of rotatable bonds is 4. The average molecular weight is 323 g/mol. The highest BCUT2D eigenvalue weighted by Gasteiger charge is 2.46. The summed E-state index contributed by atoms with van der Waals surface area (Å²) in [6, 6.07) is 6.03. The molecule has 2 aromatic heterocycles. The molecule has 1 fully saturated rings.